The van der Waals surface area contributed by atoms with Gasteiger partial charge in [0.1, 0.15) is 0 Å². The van der Waals surface area contributed by atoms with Crippen molar-refractivity contribution in [2.45, 2.75) is 24.7 Å². The van der Waals surface area contributed by atoms with Gasteiger partial charge in [-0.1, -0.05) is 54.2 Å². The van der Waals surface area contributed by atoms with Gasteiger partial charge in [-0.05, 0) is 41.5 Å². The molecule has 0 saturated heterocycles. The van der Waals surface area contributed by atoms with Gasteiger partial charge in [-0.15, -0.1) is 16.8 Å². The van der Waals surface area contributed by atoms with Gasteiger partial charge >= 0.3 is 0 Å². The number of carbonyl (C=O) groups excluding carboxylic acids is 1. The van der Waals surface area contributed by atoms with Crippen LogP contribution in [-0.2, 0) is 11.3 Å². The molecule has 0 radical (unpaired) electrons. The highest BCUT2D eigenvalue weighted by atomic mass is 32.2. The number of nitrogens with one attached hydrogen (secondary N) is 1. The molecule has 30 heavy (non-hydrogen) atoms. The molecular formula is C23H22N4O2S. The normalized spacial score (nSPS) is 12.0. The van der Waals surface area contributed by atoms with Gasteiger partial charge in [-0.3, -0.25) is 9.36 Å². The minimum absolute atomic E-state index is 0.0617. The predicted molar refractivity (Wildman–Crippen MR) is 119 cm³/mol. The van der Waals surface area contributed by atoms with Crippen LogP contribution in [0.1, 0.15) is 18.5 Å². The van der Waals surface area contributed by atoms with Gasteiger partial charge in [0, 0.05) is 6.54 Å². The van der Waals surface area contributed by atoms with Crippen LogP contribution in [-0.4, -0.2) is 26.4 Å². The van der Waals surface area contributed by atoms with E-state index >= 15 is 0 Å². The number of carbonyl (C=O) groups is 1. The summed E-state index contributed by atoms with van der Waals surface area (Å²) in [6, 6.07) is 18.0. The first-order chi connectivity index (χ1) is 14.7. The minimum atomic E-state index is -0.0903. The number of thioether (sulfide) groups is 1. The van der Waals surface area contributed by atoms with E-state index < -0.39 is 0 Å². The van der Waals surface area contributed by atoms with E-state index in [0.29, 0.717) is 23.3 Å². The average Bonchev–Trinajstić information content (AvgIpc) is 3.42. The Morgan fingerprint density at radius 2 is 2.03 bits per heavy atom. The third-order valence-electron chi connectivity index (χ3n) is 4.75. The molecule has 0 saturated carbocycles. The molecule has 0 aliphatic rings. The van der Waals surface area contributed by atoms with Gasteiger partial charge in [0.05, 0.1) is 18.1 Å². The van der Waals surface area contributed by atoms with Gasteiger partial charge in [0.25, 0.3) is 0 Å². The number of hydrogen-bond acceptors (Lipinski definition) is 5. The zero-order valence-corrected chi connectivity index (χ0v) is 17.4. The first-order valence-electron chi connectivity index (χ1n) is 9.64. The second kappa shape index (κ2) is 9.00. The molecule has 0 aliphatic heterocycles. The van der Waals surface area contributed by atoms with Crippen molar-refractivity contribution < 1.29 is 9.21 Å². The zero-order valence-electron chi connectivity index (χ0n) is 16.6. The monoisotopic (exact) mass is 418 g/mol. The Morgan fingerprint density at radius 3 is 2.80 bits per heavy atom. The molecule has 152 valence electrons. The number of rotatable bonds is 8. The van der Waals surface area contributed by atoms with Crippen LogP contribution in [0, 0.1) is 0 Å². The van der Waals surface area contributed by atoms with Crippen LogP contribution in [0.25, 0.3) is 22.4 Å². The summed E-state index contributed by atoms with van der Waals surface area (Å²) < 4.78 is 7.32. The molecule has 4 rings (SSSR count). The van der Waals surface area contributed by atoms with Crippen LogP contribution in [0.3, 0.4) is 0 Å². The van der Waals surface area contributed by atoms with E-state index in [9.17, 15) is 4.79 Å². The Labute approximate surface area is 179 Å². The maximum Gasteiger partial charge on any atom is 0.230 e. The van der Waals surface area contributed by atoms with E-state index in [4.69, 9.17) is 4.42 Å². The van der Waals surface area contributed by atoms with E-state index in [0.717, 1.165) is 10.9 Å². The fourth-order valence-corrected chi connectivity index (χ4v) is 4.01. The lowest BCUT2D eigenvalue weighted by Crippen LogP contribution is -2.28. The van der Waals surface area contributed by atoms with E-state index in [1.54, 1.807) is 18.4 Å². The lowest BCUT2D eigenvalue weighted by atomic mass is 10.0. The Balaban J connectivity index is 1.41. The van der Waals surface area contributed by atoms with Crippen molar-refractivity contribution >= 4 is 28.4 Å². The van der Waals surface area contributed by atoms with Gasteiger partial charge in [0.15, 0.2) is 10.9 Å². The third-order valence-corrected chi connectivity index (χ3v) is 5.72. The molecule has 6 nitrogen and oxygen atoms in total. The number of fused-ring (bicyclic) bond motifs is 1. The maximum absolute atomic E-state index is 12.5. The summed E-state index contributed by atoms with van der Waals surface area (Å²) in [6.45, 7) is 6.31. The molecule has 1 amide bonds. The van der Waals surface area contributed by atoms with Crippen LogP contribution in [0.15, 0.2) is 83.1 Å². The number of benzene rings is 2. The highest BCUT2D eigenvalue weighted by Crippen LogP contribution is 2.25. The third kappa shape index (κ3) is 4.31. The zero-order chi connectivity index (χ0) is 20.9. The fourth-order valence-electron chi connectivity index (χ4n) is 3.25. The first-order valence-corrected chi connectivity index (χ1v) is 10.6. The molecule has 1 atom stereocenters. The number of nitrogens with zero attached hydrogens (tertiary/aromatic N) is 3. The Bertz CT molecular complexity index is 1170. The van der Waals surface area contributed by atoms with Crippen LogP contribution in [0.5, 0.6) is 0 Å². The van der Waals surface area contributed by atoms with Gasteiger partial charge < -0.3 is 9.73 Å². The summed E-state index contributed by atoms with van der Waals surface area (Å²) in [5.41, 5.74) is 1.07. The summed E-state index contributed by atoms with van der Waals surface area (Å²) >= 11 is 1.34. The summed E-state index contributed by atoms with van der Waals surface area (Å²) in [6.07, 6.45) is 3.36. The summed E-state index contributed by atoms with van der Waals surface area (Å²) in [7, 11) is 0. The minimum Gasteiger partial charge on any atom is -0.461 e. The number of allylic oxidation sites excluding steroid dienone is 1. The maximum atomic E-state index is 12.5. The van der Waals surface area contributed by atoms with E-state index in [1.165, 1.54) is 17.1 Å². The number of furan rings is 1. The molecule has 0 spiro atoms. The smallest absolute Gasteiger partial charge is 0.230 e. The fraction of sp³-hybridized carbons (Fsp3) is 0.174. The van der Waals surface area contributed by atoms with Crippen LogP contribution in [0.4, 0.5) is 0 Å². The topological polar surface area (TPSA) is 73.0 Å². The molecule has 0 fully saturated rings. The molecule has 2 aromatic heterocycles. The lowest BCUT2D eigenvalue weighted by molar-refractivity contribution is -0.119. The largest absolute Gasteiger partial charge is 0.461 e. The molecule has 1 unspecified atom stereocenters. The summed E-state index contributed by atoms with van der Waals surface area (Å²) in [4.78, 5) is 12.5. The molecule has 4 aromatic rings. The Morgan fingerprint density at radius 1 is 1.20 bits per heavy atom. The van der Waals surface area contributed by atoms with E-state index in [-0.39, 0.29) is 17.7 Å². The summed E-state index contributed by atoms with van der Waals surface area (Å²) in [5, 5.41) is 14.5. The molecule has 1 N–H and O–H groups in total. The molecule has 7 heteroatoms. The molecule has 0 bridgehead atoms. The van der Waals surface area contributed by atoms with Crippen LogP contribution >= 0.6 is 11.8 Å². The van der Waals surface area contributed by atoms with Crippen LogP contribution < -0.4 is 5.32 Å². The van der Waals surface area contributed by atoms with Crippen molar-refractivity contribution in [2.24, 2.45) is 0 Å². The van der Waals surface area contributed by atoms with Gasteiger partial charge in [-0.25, -0.2) is 0 Å². The van der Waals surface area contributed by atoms with Crippen molar-refractivity contribution in [2.75, 3.05) is 5.75 Å². The SMILES string of the molecule is C=CCn1c(SCC(=O)NC(C)c2ccc3ccccc3c2)nnc1-c1ccco1. The second-order valence-corrected chi connectivity index (χ2v) is 7.81. The van der Waals surface area contributed by atoms with Crippen molar-refractivity contribution in [1.29, 1.82) is 0 Å². The summed E-state index contributed by atoms with van der Waals surface area (Å²) in [5.74, 6) is 1.43. The second-order valence-electron chi connectivity index (χ2n) is 6.87. The number of aromatic nitrogens is 3. The van der Waals surface area contributed by atoms with E-state index in [1.807, 2.05) is 29.7 Å². The van der Waals surface area contributed by atoms with Crippen LogP contribution in [0.2, 0.25) is 0 Å². The molecule has 2 aromatic carbocycles. The highest BCUT2D eigenvalue weighted by Gasteiger charge is 2.17. The number of hydrogen-bond donors (Lipinski definition) is 1. The van der Waals surface area contributed by atoms with Crippen molar-refractivity contribution in [3.8, 4) is 11.6 Å². The Kier molecular flexibility index (Phi) is 5.99. The molecular weight excluding hydrogens is 396 g/mol. The molecule has 2 heterocycles. The first kappa shape index (κ1) is 20.0. The average molecular weight is 419 g/mol. The lowest BCUT2D eigenvalue weighted by Gasteiger charge is -2.15. The van der Waals surface area contributed by atoms with Gasteiger partial charge in [0.2, 0.25) is 11.7 Å². The number of amides is 1. The quantitative estimate of drug-likeness (QED) is 0.327. The Hall–Kier alpha value is -3.32. The predicted octanol–water partition coefficient (Wildman–Crippen LogP) is 4.85. The standard InChI is InChI=1S/C23H22N4O2S/c1-3-12-27-22(20-9-6-13-29-20)25-26-23(27)30-15-21(28)24-16(2)18-11-10-17-7-4-5-8-19(17)14-18/h3-11,13-14,16H,1,12,15H2,2H3,(H,24,28). The van der Waals surface area contributed by atoms with Crippen molar-refractivity contribution in [3.63, 3.8) is 0 Å². The van der Waals surface area contributed by atoms with Crippen molar-refractivity contribution in [3.05, 3.63) is 79.1 Å². The van der Waals surface area contributed by atoms with Crippen molar-refractivity contribution in [1.82, 2.24) is 20.1 Å². The van der Waals surface area contributed by atoms with E-state index in [2.05, 4.69) is 52.4 Å². The molecule has 0 aliphatic carbocycles. The highest BCUT2D eigenvalue weighted by molar-refractivity contribution is 7.99. The van der Waals surface area contributed by atoms with Gasteiger partial charge in [-0.2, -0.15) is 0 Å².